The maximum absolute atomic E-state index is 12.9. The van der Waals surface area contributed by atoms with E-state index < -0.39 is 0 Å². The maximum atomic E-state index is 12.9. The van der Waals surface area contributed by atoms with Crippen molar-refractivity contribution in [2.24, 2.45) is 11.0 Å². The van der Waals surface area contributed by atoms with Gasteiger partial charge >= 0.3 is 6.03 Å². The van der Waals surface area contributed by atoms with Crippen LogP contribution in [0.4, 0.5) is 10.5 Å². The molecular weight excluding hydrogens is 432 g/mol. The number of hydrogen-bond donors (Lipinski definition) is 1. The molecule has 0 aromatic heterocycles. The van der Waals surface area contributed by atoms with Crippen molar-refractivity contribution in [1.82, 2.24) is 5.01 Å². The van der Waals surface area contributed by atoms with Gasteiger partial charge in [-0.2, -0.15) is 10.4 Å². The van der Waals surface area contributed by atoms with Gasteiger partial charge < -0.3 is 5.32 Å². The van der Waals surface area contributed by atoms with E-state index in [1.807, 2.05) is 24.3 Å². The Morgan fingerprint density at radius 1 is 1.03 bits per heavy atom. The number of hydrazone groups is 1. The van der Waals surface area contributed by atoms with Crippen LogP contribution in [0.1, 0.15) is 75.8 Å². The average Bonchev–Trinajstić information content (AvgIpc) is 3.26. The number of hydrogen-bond acceptors (Lipinski definition) is 3. The molecule has 2 aromatic rings. The van der Waals surface area contributed by atoms with Crippen molar-refractivity contribution >= 4 is 29.0 Å². The Kier molecular flexibility index (Phi) is 9.77. The lowest BCUT2D eigenvalue weighted by molar-refractivity contribution is 0.215. The molecule has 0 radical (unpaired) electrons. The molecular formula is C27H33ClN4O. The molecule has 2 amide bonds. The van der Waals surface area contributed by atoms with Crippen molar-refractivity contribution in [3.8, 4) is 6.07 Å². The fraction of sp³-hybridized carbons (Fsp3) is 0.444. The second kappa shape index (κ2) is 13.0. The summed E-state index contributed by atoms with van der Waals surface area (Å²) in [7, 11) is 0. The van der Waals surface area contributed by atoms with E-state index in [2.05, 4.69) is 18.3 Å². The number of halogens is 1. The highest BCUT2D eigenvalue weighted by Crippen LogP contribution is 2.26. The molecule has 3 rings (SSSR count). The zero-order valence-electron chi connectivity index (χ0n) is 19.4. The minimum absolute atomic E-state index is 0.206. The normalized spacial score (nSPS) is 15.2. The van der Waals surface area contributed by atoms with Crippen LogP contribution >= 0.6 is 11.6 Å². The molecule has 1 aliphatic heterocycles. The summed E-state index contributed by atoms with van der Waals surface area (Å²) in [6.07, 6.45) is 11.2. The standard InChI is InChI=1S/C27H33ClN4O/c1-2-3-4-5-6-7-8-9-10-23-20-32(31-26(23)22-13-15-24(28)16-14-22)27(33)30-25-17-11-21(19-29)12-18-25/h11-18,23H,2-10,20H2,1H3,(H,30,33). The number of unbranched alkanes of at least 4 members (excludes halogenated alkanes) is 7. The van der Waals surface area contributed by atoms with Gasteiger partial charge in [0.05, 0.1) is 23.9 Å². The van der Waals surface area contributed by atoms with Crippen molar-refractivity contribution in [1.29, 1.82) is 5.26 Å². The summed E-state index contributed by atoms with van der Waals surface area (Å²) >= 11 is 6.07. The van der Waals surface area contributed by atoms with Crippen molar-refractivity contribution in [3.05, 3.63) is 64.7 Å². The van der Waals surface area contributed by atoms with Crippen molar-refractivity contribution in [2.45, 2.75) is 64.7 Å². The number of carbonyl (C=O) groups is 1. The van der Waals surface area contributed by atoms with Gasteiger partial charge in [-0.25, -0.2) is 9.80 Å². The highest BCUT2D eigenvalue weighted by molar-refractivity contribution is 6.30. The van der Waals surface area contributed by atoms with E-state index in [1.54, 1.807) is 24.3 Å². The Labute approximate surface area is 202 Å². The monoisotopic (exact) mass is 464 g/mol. The summed E-state index contributed by atoms with van der Waals surface area (Å²) in [6.45, 7) is 2.81. The summed E-state index contributed by atoms with van der Waals surface area (Å²) in [5.41, 5.74) is 3.17. The topological polar surface area (TPSA) is 68.5 Å². The van der Waals surface area contributed by atoms with Crippen LogP contribution in [0.2, 0.25) is 5.02 Å². The summed E-state index contributed by atoms with van der Waals surface area (Å²) in [6, 6.07) is 16.3. The zero-order valence-corrected chi connectivity index (χ0v) is 20.2. The van der Waals surface area contributed by atoms with Gasteiger partial charge in [-0.1, -0.05) is 82.0 Å². The number of anilines is 1. The SMILES string of the molecule is CCCCCCCCCCC1CN(C(=O)Nc2ccc(C#N)cc2)N=C1c1ccc(Cl)cc1. The minimum atomic E-state index is -0.260. The number of nitrogens with one attached hydrogen (secondary N) is 1. The van der Waals surface area contributed by atoms with Crippen LogP contribution in [-0.4, -0.2) is 23.3 Å². The average molecular weight is 465 g/mol. The largest absolute Gasteiger partial charge is 0.342 e. The molecule has 1 heterocycles. The molecule has 0 bridgehead atoms. The van der Waals surface area contributed by atoms with Crippen LogP contribution in [0.3, 0.4) is 0 Å². The highest BCUT2D eigenvalue weighted by atomic mass is 35.5. The van der Waals surface area contributed by atoms with Gasteiger partial charge in [-0.3, -0.25) is 0 Å². The lowest BCUT2D eigenvalue weighted by Gasteiger charge is -2.15. The van der Waals surface area contributed by atoms with Gasteiger partial charge in [0.15, 0.2) is 0 Å². The molecule has 0 aliphatic carbocycles. The van der Waals surface area contributed by atoms with Crippen molar-refractivity contribution in [3.63, 3.8) is 0 Å². The molecule has 33 heavy (non-hydrogen) atoms. The summed E-state index contributed by atoms with van der Waals surface area (Å²) in [5, 5.41) is 18.7. The van der Waals surface area contributed by atoms with E-state index in [-0.39, 0.29) is 11.9 Å². The smallest absolute Gasteiger partial charge is 0.306 e. The first-order valence-corrected chi connectivity index (χ1v) is 12.4. The molecule has 2 aromatic carbocycles. The zero-order chi connectivity index (χ0) is 23.5. The fourth-order valence-electron chi connectivity index (χ4n) is 4.16. The Morgan fingerprint density at radius 3 is 2.30 bits per heavy atom. The van der Waals surface area contributed by atoms with E-state index in [0.717, 1.165) is 24.1 Å². The van der Waals surface area contributed by atoms with Crippen LogP contribution < -0.4 is 5.32 Å². The summed E-state index contributed by atoms with van der Waals surface area (Å²) in [5.74, 6) is 0.206. The van der Waals surface area contributed by atoms with Gasteiger partial charge in [0.25, 0.3) is 0 Å². The maximum Gasteiger partial charge on any atom is 0.342 e. The van der Waals surface area contributed by atoms with Gasteiger partial charge in [-0.15, -0.1) is 0 Å². The number of urea groups is 1. The van der Waals surface area contributed by atoms with Gasteiger partial charge in [0.2, 0.25) is 0 Å². The molecule has 174 valence electrons. The first-order valence-electron chi connectivity index (χ1n) is 12.0. The lowest BCUT2D eigenvalue weighted by atomic mass is 9.92. The third-order valence-corrected chi connectivity index (χ3v) is 6.31. The second-order valence-corrected chi connectivity index (χ2v) is 9.09. The molecule has 0 saturated heterocycles. The molecule has 0 saturated carbocycles. The first kappa shape index (κ1) is 24.8. The minimum Gasteiger partial charge on any atom is -0.306 e. The number of rotatable bonds is 11. The molecule has 1 N–H and O–H groups in total. The van der Waals surface area contributed by atoms with Gasteiger partial charge in [0.1, 0.15) is 0 Å². The number of benzene rings is 2. The second-order valence-electron chi connectivity index (χ2n) is 8.65. The van der Waals surface area contributed by atoms with Crippen LogP contribution in [0.5, 0.6) is 0 Å². The lowest BCUT2D eigenvalue weighted by Crippen LogP contribution is -2.30. The van der Waals surface area contributed by atoms with E-state index >= 15 is 0 Å². The Bertz CT molecular complexity index is 963. The molecule has 1 unspecified atom stereocenters. The first-order chi connectivity index (χ1) is 16.1. The molecule has 0 fully saturated rings. The van der Waals surface area contributed by atoms with E-state index in [1.165, 1.54) is 50.0 Å². The van der Waals surface area contributed by atoms with Crippen LogP contribution in [0.25, 0.3) is 0 Å². The number of carbonyl (C=O) groups excluding carboxylic acids is 1. The highest BCUT2D eigenvalue weighted by Gasteiger charge is 2.30. The summed E-state index contributed by atoms with van der Waals surface area (Å²) in [4.78, 5) is 12.9. The molecule has 6 heteroatoms. The molecule has 1 atom stereocenters. The van der Waals surface area contributed by atoms with E-state index in [9.17, 15) is 4.79 Å². The van der Waals surface area contributed by atoms with Crippen LogP contribution in [0.15, 0.2) is 53.6 Å². The number of nitriles is 1. The Morgan fingerprint density at radius 2 is 1.67 bits per heavy atom. The van der Waals surface area contributed by atoms with Crippen molar-refractivity contribution in [2.75, 3.05) is 11.9 Å². The Balaban J connectivity index is 1.59. The predicted molar refractivity (Wildman–Crippen MR) is 136 cm³/mol. The van der Waals surface area contributed by atoms with Crippen LogP contribution in [-0.2, 0) is 0 Å². The van der Waals surface area contributed by atoms with Gasteiger partial charge in [-0.05, 0) is 48.4 Å². The molecule has 1 aliphatic rings. The predicted octanol–water partition coefficient (Wildman–Crippen LogP) is 7.61. The summed E-state index contributed by atoms with van der Waals surface area (Å²) < 4.78 is 0. The van der Waals surface area contributed by atoms with Crippen LogP contribution in [0, 0.1) is 17.2 Å². The fourth-order valence-corrected chi connectivity index (χ4v) is 4.28. The van der Waals surface area contributed by atoms with E-state index in [4.69, 9.17) is 22.0 Å². The number of amides is 2. The molecule has 5 nitrogen and oxygen atoms in total. The number of nitrogens with zero attached hydrogens (tertiary/aromatic N) is 3. The van der Waals surface area contributed by atoms with Crippen molar-refractivity contribution < 1.29 is 4.79 Å². The quantitative estimate of drug-likeness (QED) is 0.347. The van der Waals surface area contributed by atoms with Gasteiger partial charge in [0, 0.05) is 16.6 Å². The third kappa shape index (κ3) is 7.61. The molecule has 0 spiro atoms. The Hall–Kier alpha value is -2.84. The third-order valence-electron chi connectivity index (χ3n) is 6.05. The van der Waals surface area contributed by atoms with E-state index in [0.29, 0.717) is 22.8 Å².